The van der Waals surface area contributed by atoms with Gasteiger partial charge in [0.05, 0.1) is 0 Å². The third-order valence-electron chi connectivity index (χ3n) is 0.517. The molecule has 6 heteroatoms. The molecule has 10 heavy (non-hydrogen) atoms. The van der Waals surface area contributed by atoms with Gasteiger partial charge in [-0.3, -0.25) is 0 Å². The van der Waals surface area contributed by atoms with Crippen molar-refractivity contribution in [3.8, 4) is 0 Å². The Morgan fingerprint density at radius 1 is 1.40 bits per heavy atom. The highest BCUT2D eigenvalue weighted by Crippen LogP contribution is 2.41. The van der Waals surface area contributed by atoms with Crippen LogP contribution in [0.4, 0.5) is 0 Å². The summed E-state index contributed by atoms with van der Waals surface area (Å²) < 4.78 is 0. The number of thioether (sulfide) groups is 1. The third kappa shape index (κ3) is 10.1. The van der Waals surface area contributed by atoms with Gasteiger partial charge < -0.3 is 0 Å². The van der Waals surface area contributed by atoms with E-state index in [4.69, 9.17) is 0 Å². The molecule has 1 aliphatic heterocycles. The average Bonchev–Trinajstić information content (AvgIpc) is 2.44. The zero-order valence-electron chi connectivity index (χ0n) is 5.61. The van der Waals surface area contributed by atoms with Crippen LogP contribution in [0.5, 0.6) is 0 Å². The second-order valence-corrected chi connectivity index (χ2v) is 8.27. The summed E-state index contributed by atoms with van der Waals surface area (Å²) in [6, 6.07) is 0. The van der Waals surface area contributed by atoms with Crippen LogP contribution in [0.1, 0.15) is 0 Å². The summed E-state index contributed by atoms with van der Waals surface area (Å²) in [6.07, 6.45) is 2.06. The first-order valence-electron chi connectivity index (χ1n) is 2.58. The van der Waals surface area contributed by atoms with Crippen LogP contribution in [0.25, 0.3) is 0 Å². The lowest BCUT2D eigenvalue weighted by molar-refractivity contribution is 1.59. The van der Waals surface area contributed by atoms with Crippen LogP contribution in [0, 0.1) is 0 Å². The SMILES string of the molecule is C1CSSS1.CSCSS. The van der Waals surface area contributed by atoms with Gasteiger partial charge in [0.2, 0.25) is 0 Å². The van der Waals surface area contributed by atoms with Crippen molar-refractivity contribution in [2.45, 2.75) is 0 Å². The summed E-state index contributed by atoms with van der Waals surface area (Å²) in [5.41, 5.74) is 0. The second kappa shape index (κ2) is 11.1. The van der Waals surface area contributed by atoms with Crippen LogP contribution in [-0.4, -0.2) is 22.8 Å². The molecule has 0 atom stereocenters. The summed E-state index contributed by atoms with van der Waals surface area (Å²) in [5, 5.41) is 1.09. The van der Waals surface area contributed by atoms with Crippen molar-refractivity contribution in [1.82, 2.24) is 0 Å². The number of hydrogen-bond donors (Lipinski definition) is 1. The first-order valence-corrected chi connectivity index (χ1v) is 9.83. The molecule has 1 saturated heterocycles. The Labute approximate surface area is 87.8 Å². The number of rotatable bonds is 2. The van der Waals surface area contributed by atoms with Gasteiger partial charge in [-0.25, -0.2) is 0 Å². The molecule has 0 aromatic carbocycles. The minimum absolute atomic E-state index is 1.09. The molecular formula is C4H10S6. The molecule has 0 aliphatic carbocycles. The number of thiol groups is 1. The number of hydrogen-bond acceptors (Lipinski definition) is 6. The van der Waals surface area contributed by atoms with Crippen molar-refractivity contribution >= 4 is 65.6 Å². The van der Waals surface area contributed by atoms with Crippen molar-refractivity contribution in [3.05, 3.63) is 0 Å². The van der Waals surface area contributed by atoms with Crippen molar-refractivity contribution in [1.29, 1.82) is 0 Å². The molecule has 62 valence electrons. The molecule has 1 rings (SSSR count). The summed E-state index contributed by atoms with van der Waals surface area (Å²) in [7, 11) is 7.37. The summed E-state index contributed by atoms with van der Waals surface area (Å²) in [5.74, 6) is 2.69. The van der Waals surface area contributed by atoms with E-state index in [9.17, 15) is 0 Å². The molecule has 0 nitrogen and oxygen atoms in total. The third-order valence-corrected chi connectivity index (χ3v) is 7.33. The lowest BCUT2D eigenvalue weighted by atomic mass is 11.0. The van der Waals surface area contributed by atoms with E-state index in [1.54, 1.807) is 22.6 Å². The van der Waals surface area contributed by atoms with Gasteiger partial charge >= 0.3 is 0 Å². The minimum atomic E-state index is 1.09. The first-order chi connectivity index (χ1) is 4.91. The fourth-order valence-electron chi connectivity index (χ4n) is 0.223. The van der Waals surface area contributed by atoms with Gasteiger partial charge in [-0.05, 0) is 16.1 Å². The molecule has 0 amide bonds. The van der Waals surface area contributed by atoms with E-state index in [1.165, 1.54) is 11.5 Å². The lowest BCUT2D eigenvalue weighted by Gasteiger charge is -1.79. The maximum absolute atomic E-state index is 3.90. The first kappa shape index (κ1) is 12.1. The van der Waals surface area contributed by atoms with Gasteiger partial charge in [-0.15, -0.1) is 11.7 Å². The van der Waals surface area contributed by atoms with E-state index in [1.807, 2.05) is 31.4 Å². The Bertz CT molecular complexity index is 44.1. The lowest BCUT2D eigenvalue weighted by Crippen LogP contribution is -1.64. The predicted octanol–water partition coefficient (Wildman–Crippen LogP) is 3.91. The van der Waals surface area contributed by atoms with Crippen LogP contribution in [0.15, 0.2) is 0 Å². The highest BCUT2D eigenvalue weighted by molar-refractivity contribution is 9.10. The molecule has 0 saturated carbocycles. The molecular weight excluding hydrogens is 240 g/mol. The van der Waals surface area contributed by atoms with E-state index in [0.717, 1.165) is 5.08 Å². The van der Waals surface area contributed by atoms with Gasteiger partial charge in [-0.2, -0.15) is 11.8 Å². The fraction of sp³-hybridized carbons (Fsp3) is 1.00. The summed E-state index contributed by atoms with van der Waals surface area (Å²) in [6.45, 7) is 0. The van der Waals surface area contributed by atoms with Crippen molar-refractivity contribution in [3.63, 3.8) is 0 Å². The highest BCUT2D eigenvalue weighted by Gasteiger charge is 1.97. The molecule has 0 aromatic heterocycles. The minimum Gasteiger partial charge on any atom is -0.154 e. The van der Waals surface area contributed by atoms with E-state index in [2.05, 4.69) is 17.9 Å². The van der Waals surface area contributed by atoms with Crippen molar-refractivity contribution in [2.24, 2.45) is 0 Å². The molecule has 0 spiro atoms. The van der Waals surface area contributed by atoms with Crippen molar-refractivity contribution in [2.75, 3.05) is 22.8 Å². The summed E-state index contributed by atoms with van der Waals surface area (Å²) in [4.78, 5) is 0. The van der Waals surface area contributed by atoms with Crippen LogP contribution in [-0.2, 0) is 0 Å². The zero-order chi connectivity index (χ0) is 7.66. The van der Waals surface area contributed by atoms with Crippen LogP contribution in [0.2, 0.25) is 0 Å². The van der Waals surface area contributed by atoms with E-state index in [0.29, 0.717) is 0 Å². The fourth-order valence-corrected chi connectivity index (χ4v) is 6.02. The largest absolute Gasteiger partial charge is 0.154 e. The molecule has 1 fully saturated rings. The molecule has 0 unspecified atom stereocenters. The Balaban J connectivity index is 0.000000162. The van der Waals surface area contributed by atoms with Gasteiger partial charge in [0.15, 0.2) is 0 Å². The van der Waals surface area contributed by atoms with Crippen LogP contribution < -0.4 is 0 Å². The van der Waals surface area contributed by atoms with Crippen LogP contribution in [0.3, 0.4) is 0 Å². The quantitative estimate of drug-likeness (QED) is 0.447. The molecule has 0 radical (unpaired) electrons. The Kier molecular flexibility index (Phi) is 13.4. The zero-order valence-corrected chi connectivity index (χ0v) is 10.6. The highest BCUT2D eigenvalue weighted by atomic mass is 33.5. The molecule has 0 N–H and O–H groups in total. The van der Waals surface area contributed by atoms with E-state index >= 15 is 0 Å². The van der Waals surface area contributed by atoms with Crippen molar-refractivity contribution < 1.29 is 0 Å². The Morgan fingerprint density at radius 2 is 2.00 bits per heavy atom. The Morgan fingerprint density at radius 3 is 2.10 bits per heavy atom. The van der Waals surface area contributed by atoms with Gasteiger partial charge in [-0.1, -0.05) is 32.4 Å². The molecule has 1 heterocycles. The smallest absolute Gasteiger partial charge is 0.0490 e. The standard InChI is InChI=1S/C2H4S3.C2H6S3/c1-2-4-5-3-1;1-4-2-5-3/h1-2H2;3H,2H2,1H3. The normalized spacial score (nSPS) is 16.2. The van der Waals surface area contributed by atoms with E-state index in [-0.39, 0.29) is 0 Å². The predicted molar refractivity (Wildman–Crippen MR) is 67.5 cm³/mol. The van der Waals surface area contributed by atoms with E-state index < -0.39 is 0 Å². The average molecular weight is 251 g/mol. The molecule has 1 aliphatic rings. The van der Waals surface area contributed by atoms with Gasteiger partial charge in [0.25, 0.3) is 0 Å². The monoisotopic (exact) mass is 250 g/mol. The molecule has 0 aromatic rings. The maximum atomic E-state index is 3.90. The van der Waals surface area contributed by atoms with Crippen LogP contribution >= 0.6 is 65.6 Å². The topological polar surface area (TPSA) is 0 Å². The second-order valence-electron chi connectivity index (χ2n) is 1.25. The maximum Gasteiger partial charge on any atom is 0.0490 e. The summed E-state index contributed by atoms with van der Waals surface area (Å²) >= 11 is 5.68. The van der Waals surface area contributed by atoms with Gasteiger partial charge in [0.1, 0.15) is 0 Å². The van der Waals surface area contributed by atoms with Gasteiger partial charge in [0, 0.05) is 16.6 Å². The molecule has 0 bridgehead atoms. The Hall–Kier alpha value is 2.10.